The predicted molar refractivity (Wildman–Crippen MR) is 76.7 cm³/mol. The van der Waals surface area contributed by atoms with E-state index in [9.17, 15) is 4.79 Å². The van der Waals surface area contributed by atoms with Crippen LogP contribution in [0.25, 0.3) is 0 Å². The summed E-state index contributed by atoms with van der Waals surface area (Å²) in [6.45, 7) is 1.93. The molecule has 1 heterocycles. The molecular weight excluding hydrogens is 289 g/mol. The number of hydrogen-bond donors (Lipinski definition) is 1. The van der Waals surface area contributed by atoms with E-state index >= 15 is 0 Å². The van der Waals surface area contributed by atoms with E-state index in [0.29, 0.717) is 10.6 Å². The third-order valence-electron chi connectivity index (χ3n) is 2.51. The fraction of sp³-hybridized carbons (Fsp3) is 0.154. The van der Waals surface area contributed by atoms with E-state index in [2.05, 4.69) is 5.32 Å². The summed E-state index contributed by atoms with van der Waals surface area (Å²) in [4.78, 5) is 13.2. The second-order valence-electron chi connectivity index (χ2n) is 3.81. The van der Waals surface area contributed by atoms with Crippen LogP contribution in [-0.4, -0.2) is 5.91 Å². The molecule has 2 aromatic rings. The van der Waals surface area contributed by atoms with Gasteiger partial charge in [0.25, 0.3) is 5.91 Å². The molecule has 1 amide bonds. The van der Waals surface area contributed by atoms with Gasteiger partial charge in [0.2, 0.25) is 0 Å². The van der Waals surface area contributed by atoms with Gasteiger partial charge in [-0.2, -0.15) is 0 Å². The number of rotatable bonds is 3. The molecule has 0 fully saturated rings. The summed E-state index contributed by atoms with van der Waals surface area (Å²) in [6, 6.07) is 8.91. The van der Waals surface area contributed by atoms with E-state index < -0.39 is 0 Å². The molecule has 1 aromatic carbocycles. The number of carbonyl (C=O) groups excluding carboxylic acids is 1. The van der Waals surface area contributed by atoms with Gasteiger partial charge in [-0.3, -0.25) is 4.79 Å². The summed E-state index contributed by atoms with van der Waals surface area (Å²) in [7, 11) is 0. The molecule has 1 aromatic heterocycles. The molecule has 0 aliphatic heterocycles. The van der Waals surface area contributed by atoms with Crippen molar-refractivity contribution in [3.63, 3.8) is 0 Å². The summed E-state index contributed by atoms with van der Waals surface area (Å²) >= 11 is 13.5. The molecule has 1 atom stereocenters. The summed E-state index contributed by atoms with van der Waals surface area (Å²) in [5, 5.41) is 5.54. The molecule has 0 bridgehead atoms. The Balaban J connectivity index is 2.15. The molecule has 0 saturated heterocycles. The first-order valence-electron chi connectivity index (χ1n) is 5.38. The maximum absolute atomic E-state index is 12.1. The average Bonchev–Trinajstić information content (AvgIpc) is 2.86. The van der Waals surface area contributed by atoms with Gasteiger partial charge >= 0.3 is 0 Å². The number of thiophene rings is 1. The van der Waals surface area contributed by atoms with Crippen LogP contribution >= 0.6 is 34.5 Å². The summed E-state index contributed by atoms with van der Waals surface area (Å²) in [5.74, 6) is -0.219. The molecule has 18 heavy (non-hydrogen) atoms. The van der Waals surface area contributed by atoms with Crippen LogP contribution in [-0.2, 0) is 0 Å². The molecule has 2 rings (SSSR count). The van der Waals surface area contributed by atoms with Crippen molar-refractivity contribution in [2.24, 2.45) is 0 Å². The van der Waals surface area contributed by atoms with Crippen LogP contribution in [0.2, 0.25) is 10.0 Å². The Kier molecular flexibility index (Phi) is 4.27. The second kappa shape index (κ2) is 5.74. The zero-order valence-corrected chi connectivity index (χ0v) is 11.9. The SMILES string of the molecule is CC(NC(=O)c1cccc(Cl)c1Cl)c1cccs1. The quantitative estimate of drug-likeness (QED) is 0.885. The van der Waals surface area contributed by atoms with Crippen LogP contribution in [0.4, 0.5) is 0 Å². The van der Waals surface area contributed by atoms with Crippen LogP contribution in [0.1, 0.15) is 28.2 Å². The lowest BCUT2D eigenvalue weighted by atomic mass is 10.2. The lowest BCUT2D eigenvalue weighted by Gasteiger charge is -2.13. The number of halogens is 2. The number of carbonyl (C=O) groups is 1. The Morgan fingerprint density at radius 3 is 2.72 bits per heavy atom. The van der Waals surface area contributed by atoms with Gasteiger partial charge in [0, 0.05) is 4.88 Å². The lowest BCUT2D eigenvalue weighted by molar-refractivity contribution is 0.0940. The summed E-state index contributed by atoms with van der Waals surface area (Å²) in [6.07, 6.45) is 0. The molecule has 0 spiro atoms. The van der Waals surface area contributed by atoms with Gasteiger partial charge in [-0.05, 0) is 30.5 Å². The largest absolute Gasteiger partial charge is 0.345 e. The molecule has 2 nitrogen and oxygen atoms in total. The van der Waals surface area contributed by atoms with Crippen molar-refractivity contribution in [1.82, 2.24) is 5.32 Å². The molecule has 1 N–H and O–H groups in total. The van der Waals surface area contributed by atoms with Crippen LogP contribution in [0.15, 0.2) is 35.7 Å². The fourth-order valence-electron chi connectivity index (χ4n) is 1.56. The third-order valence-corrected chi connectivity index (χ3v) is 4.39. The highest BCUT2D eigenvalue weighted by Gasteiger charge is 2.15. The topological polar surface area (TPSA) is 29.1 Å². The molecule has 0 radical (unpaired) electrons. The van der Waals surface area contributed by atoms with Gasteiger partial charge in [0.15, 0.2) is 0 Å². The maximum atomic E-state index is 12.1. The zero-order valence-electron chi connectivity index (χ0n) is 9.61. The Morgan fingerprint density at radius 2 is 2.06 bits per heavy atom. The van der Waals surface area contributed by atoms with Crippen LogP contribution in [0, 0.1) is 0 Å². The lowest BCUT2D eigenvalue weighted by Crippen LogP contribution is -2.26. The second-order valence-corrected chi connectivity index (χ2v) is 5.58. The minimum atomic E-state index is -0.219. The fourth-order valence-corrected chi connectivity index (χ4v) is 2.68. The normalized spacial score (nSPS) is 12.2. The predicted octanol–water partition coefficient (Wildman–Crippen LogP) is 4.55. The van der Waals surface area contributed by atoms with Gasteiger partial charge in [-0.15, -0.1) is 11.3 Å². The third kappa shape index (κ3) is 2.86. The van der Waals surface area contributed by atoms with Crippen LogP contribution < -0.4 is 5.32 Å². The van der Waals surface area contributed by atoms with Crippen molar-refractivity contribution in [2.75, 3.05) is 0 Å². The molecule has 0 saturated carbocycles. The van der Waals surface area contributed by atoms with Gasteiger partial charge in [-0.25, -0.2) is 0 Å². The van der Waals surface area contributed by atoms with Crippen molar-refractivity contribution in [2.45, 2.75) is 13.0 Å². The van der Waals surface area contributed by atoms with E-state index in [1.54, 1.807) is 29.5 Å². The van der Waals surface area contributed by atoms with Crippen molar-refractivity contribution >= 4 is 40.4 Å². The Bertz CT molecular complexity index is 554. The first-order valence-corrected chi connectivity index (χ1v) is 7.01. The van der Waals surface area contributed by atoms with Crippen LogP contribution in [0.3, 0.4) is 0 Å². The average molecular weight is 300 g/mol. The standard InChI is InChI=1S/C13H11Cl2NOS/c1-8(11-6-3-7-18-11)16-13(17)9-4-2-5-10(14)12(9)15/h2-8H,1H3,(H,16,17). The van der Waals surface area contributed by atoms with E-state index in [1.807, 2.05) is 24.4 Å². The number of nitrogens with one attached hydrogen (secondary N) is 1. The molecule has 94 valence electrons. The molecule has 0 aliphatic carbocycles. The molecule has 5 heteroatoms. The van der Waals surface area contributed by atoms with E-state index in [0.717, 1.165) is 4.88 Å². The number of hydrogen-bond acceptors (Lipinski definition) is 2. The highest BCUT2D eigenvalue weighted by atomic mass is 35.5. The van der Waals surface area contributed by atoms with Gasteiger partial charge in [0.05, 0.1) is 21.7 Å². The molecule has 1 unspecified atom stereocenters. The molecule has 0 aliphatic rings. The minimum Gasteiger partial charge on any atom is -0.345 e. The highest BCUT2D eigenvalue weighted by Crippen LogP contribution is 2.26. The molecular formula is C13H11Cl2NOS. The smallest absolute Gasteiger partial charge is 0.253 e. The van der Waals surface area contributed by atoms with E-state index in [4.69, 9.17) is 23.2 Å². The van der Waals surface area contributed by atoms with Crippen LogP contribution in [0.5, 0.6) is 0 Å². The van der Waals surface area contributed by atoms with Gasteiger partial charge in [-0.1, -0.05) is 35.3 Å². The maximum Gasteiger partial charge on any atom is 0.253 e. The first-order chi connectivity index (χ1) is 8.59. The summed E-state index contributed by atoms with van der Waals surface area (Å²) in [5.41, 5.74) is 0.396. The monoisotopic (exact) mass is 299 g/mol. The van der Waals surface area contributed by atoms with Crippen molar-refractivity contribution in [1.29, 1.82) is 0 Å². The number of amides is 1. The first kappa shape index (κ1) is 13.4. The Labute approximate surface area is 120 Å². The van der Waals surface area contributed by atoms with E-state index in [-0.39, 0.29) is 17.0 Å². The Morgan fingerprint density at radius 1 is 1.28 bits per heavy atom. The summed E-state index contributed by atoms with van der Waals surface area (Å²) < 4.78 is 0. The highest BCUT2D eigenvalue weighted by molar-refractivity contribution is 7.10. The van der Waals surface area contributed by atoms with E-state index in [1.165, 1.54) is 0 Å². The zero-order chi connectivity index (χ0) is 13.1. The van der Waals surface area contributed by atoms with Gasteiger partial charge < -0.3 is 5.32 Å². The minimum absolute atomic E-state index is 0.0486. The van der Waals surface area contributed by atoms with Crippen molar-refractivity contribution in [3.05, 3.63) is 56.2 Å². The number of benzene rings is 1. The van der Waals surface area contributed by atoms with Crippen molar-refractivity contribution < 1.29 is 4.79 Å². The van der Waals surface area contributed by atoms with Crippen molar-refractivity contribution in [3.8, 4) is 0 Å². The van der Waals surface area contributed by atoms with Gasteiger partial charge in [0.1, 0.15) is 0 Å². The Hall–Kier alpha value is -1.03.